The Labute approximate surface area is 148 Å². The minimum atomic E-state index is -3.01. The summed E-state index contributed by atoms with van der Waals surface area (Å²) in [6, 6.07) is 6.07. The third kappa shape index (κ3) is 2.78. The Morgan fingerprint density at radius 3 is 2.62 bits per heavy atom. The fourth-order valence-corrected chi connectivity index (χ4v) is 5.22. The lowest BCUT2D eigenvalue weighted by atomic mass is 9.94. The number of pyridine rings is 1. The molecule has 0 spiro atoms. The molecule has 0 aliphatic carbocycles. The highest BCUT2D eigenvalue weighted by Gasteiger charge is 2.43. The van der Waals surface area contributed by atoms with Crippen molar-refractivity contribution in [2.24, 2.45) is 0 Å². The first-order chi connectivity index (χ1) is 11.3. The average molecular weight is 367 g/mol. The van der Waals surface area contributed by atoms with Gasteiger partial charge >= 0.3 is 0 Å². The summed E-state index contributed by atoms with van der Waals surface area (Å²) in [7, 11) is -3.01. The first-order valence-electron chi connectivity index (χ1n) is 8.32. The van der Waals surface area contributed by atoms with Crippen LogP contribution >= 0.6 is 11.6 Å². The normalized spacial score (nSPS) is 21.3. The topological polar surface area (TPSA) is 50.3 Å². The molecule has 1 aliphatic rings. The van der Waals surface area contributed by atoms with Gasteiger partial charge in [0, 0.05) is 35.6 Å². The van der Waals surface area contributed by atoms with Crippen molar-refractivity contribution in [3.05, 3.63) is 35.1 Å². The second-order valence-corrected chi connectivity index (χ2v) is 9.66. The Morgan fingerprint density at radius 2 is 2.04 bits per heavy atom. The van der Waals surface area contributed by atoms with Crippen molar-refractivity contribution in [1.82, 2.24) is 4.98 Å². The zero-order valence-electron chi connectivity index (χ0n) is 14.5. The molecule has 1 aromatic carbocycles. The first-order valence-corrected chi connectivity index (χ1v) is 10.4. The molecule has 0 radical (unpaired) electrons. The highest BCUT2D eigenvalue weighted by atomic mass is 35.5. The molecule has 1 fully saturated rings. The molecule has 0 bridgehead atoms. The first kappa shape index (κ1) is 17.5. The van der Waals surface area contributed by atoms with E-state index in [-0.39, 0.29) is 17.0 Å². The fraction of sp³-hybridized carbons (Fsp3) is 0.500. The predicted molar refractivity (Wildman–Crippen MR) is 101 cm³/mol. The molecule has 1 saturated heterocycles. The highest BCUT2D eigenvalue weighted by molar-refractivity contribution is 7.92. The van der Waals surface area contributed by atoms with Gasteiger partial charge < -0.3 is 4.90 Å². The number of fused-ring (bicyclic) bond motifs is 1. The van der Waals surface area contributed by atoms with E-state index in [1.165, 1.54) is 5.56 Å². The van der Waals surface area contributed by atoms with Crippen LogP contribution in [-0.2, 0) is 9.84 Å². The molecule has 3 rings (SSSR count). The molecule has 4 nitrogen and oxygen atoms in total. The Kier molecular flexibility index (Phi) is 4.51. The van der Waals surface area contributed by atoms with Crippen molar-refractivity contribution < 1.29 is 8.42 Å². The minimum absolute atomic E-state index is 0.0290. The van der Waals surface area contributed by atoms with Crippen LogP contribution in [0.2, 0.25) is 5.15 Å². The number of aromatic nitrogens is 1. The van der Waals surface area contributed by atoms with Crippen LogP contribution in [0.5, 0.6) is 0 Å². The monoisotopic (exact) mass is 366 g/mol. The zero-order chi connectivity index (χ0) is 17.6. The summed E-state index contributed by atoms with van der Waals surface area (Å²) in [5, 5.41) is 2.31. The maximum absolute atomic E-state index is 12.2. The Hall–Kier alpha value is -1.33. The quantitative estimate of drug-likeness (QED) is 0.767. The van der Waals surface area contributed by atoms with Gasteiger partial charge in [-0.15, -0.1) is 0 Å². The number of benzene rings is 1. The summed E-state index contributed by atoms with van der Waals surface area (Å²) in [6.45, 7) is 8.53. The number of sulfone groups is 1. The van der Waals surface area contributed by atoms with Gasteiger partial charge in [-0.1, -0.05) is 38.4 Å². The van der Waals surface area contributed by atoms with Crippen LogP contribution in [0.4, 0.5) is 5.69 Å². The smallest absolute Gasteiger partial charge is 0.156 e. The fourth-order valence-electron chi connectivity index (χ4n) is 3.50. The standard InChI is InChI=1S/C18H23ClN2O2S/c1-5-24(22,23)17-10-21(12(17)4)16-7-6-13(11(2)3)14-8-18(19)20-9-15(14)16/h6-9,11-12,17H,5,10H2,1-4H3/t12-,17+/m1/s1. The molecule has 2 atom stereocenters. The van der Waals surface area contributed by atoms with E-state index in [4.69, 9.17) is 11.6 Å². The number of anilines is 1. The number of hydrogen-bond acceptors (Lipinski definition) is 4. The van der Waals surface area contributed by atoms with E-state index in [2.05, 4.69) is 35.9 Å². The van der Waals surface area contributed by atoms with Gasteiger partial charge in [0.15, 0.2) is 9.84 Å². The molecule has 2 heterocycles. The minimum Gasteiger partial charge on any atom is -0.366 e. The molecule has 0 unspecified atom stereocenters. The molecule has 1 aliphatic heterocycles. The molecule has 130 valence electrons. The van der Waals surface area contributed by atoms with Gasteiger partial charge in [0.1, 0.15) is 5.15 Å². The van der Waals surface area contributed by atoms with Crippen molar-refractivity contribution in [1.29, 1.82) is 0 Å². The van der Waals surface area contributed by atoms with Crippen molar-refractivity contribution in [2.75, 3.05) is 17.2 Å². The average Bonchev–Trinajstić information content (AvgIpc) is 2.52. The van der Waals surface area contributed by atoms with E-state index in [0.29, 0.717) is 17.6 Å². The second kappa shape index (κ2) is 6.19. The molecule has 6 heteroatoms. The van der Waals surface area contributed by atoms with Gasteiger partial charge in [0.25, 0.3) is 0 Å². The number of nitrogens with zero attached hydrogens (tertiary/aromatic N) is 2. The third-order valence-corrected chi connectivity index (χ3v) is 7.56. The maximum atomic E-state index is 12.2. The Balaban J connectivity index is 2.05. The van der Waals surface area contributed by atoms with Crippen LogP contribution in [0.1, 0.15) is 39.2 Å². The number of halogens is 1. The van der Waals surface area contributed by atoms with Crippen molar-refractivity contribution >= 4 is 37.9 Å². The predicted octanol–water partition coefficient (Wildman–Crippen LogP) is 4.02. The summed E-state index contributed by atoms with van der Waals surface area (Å²) in [6.07, 6.45) is 1.80. The van der Waals surface area contributed by atoms with Crippen LogP contribution in [0, 0.1) is 0 Å². The van der Waals surface area contributed by atoms with Gasteiger partial charge in [-0.05, 0) is 35.9 Å². The van der Waals surface area contributed by atoms with Gasteiger partial charge in [0.05, 0.1) is 5.25 Å². The number of rotatable bonds is 4. The van der Waals surface area contributed by atoms with E-state index in [1.54, 1.807) is 13.1 Å². The van der Waals surface area contributed by atoms with Gasteiger partial charge in [-0.3, -0.25) is 0 Å². The summed E-state index contributed by atoms with van der Waals surface area (Å²) in [5.74, 6) is 0.571. The largest absolute Gasteiger partial charge is 0.366 e. The van der Waals surface area contributed by atoms with Crippen LogP contribution in [0.15, 0.2) is 24.4 Å². The van der Waals surface area contributed by atoms with Crippen molar-refractivity contribution in [2.45, 2.75) is 44.9 Å². The van der Waals surface area contributed by atoms with Crippen LogP contribution in [0.3, 0.4) is 0 Å². The molecule has 0 saturated carbocycles. The van der Waals surface area contributed by atoms with Crippen molar-refractivity contribution in [3.8, 4) is 0 Å². The summed E-state index contributed by atoms with van der Waals surface area (Å²) < 4.78 is 24.3. The van der Waals surface area contributed by atoms with E-state index in [1.807, 2.05) is 13.0 Å². The van der Waals surface area contributed by atoms with Gasteiger partial charge in [-0.25, -0.2) is 13.4 Å². The molecule has 2 aromatic rings. The van der Waals surface area contributed by atoms with Crippen LogP contribution in [-0.4, -0.2) is 37.0 Å². The highest BCUT2D eigenvalue weighted by Crippen LogP contribution is 2.38. The van der Waals surface area contributed by atoms with Crippen molar-refractivity contribution in [3.63, 3.8) is 0 Å². The zero-order valence-corrected chi connectivity index (χ0v) is 16.0. The summed E-state index contributed by atoms with van der Waals surface area (Å²) in [5.41, 5.74) is 2.26. The molecular formula is C18H23ClN2O2S. The van der Waals surface area contributed by atoms with Crippen LogP contribution < -0.4 is 4.90 Å². The maximum Gasteiger partial charge on any atom is 0.156 e. The van der Waals surface area contributed by atoms with Crippen LogP contribution in [0.25, 0.3) is 10.8 Å². The summed E-state index contributed by atoms with van der Waals surface area (Å²) >= 11 is 6.10. The summed E-state index contributed by atoms with van der Waals surface area (Å²) in [4.78, 5) is 6.39. The molecule has 1 aromatic heterocycles. The lowest BCUT2D eigenvalue weighted by molar-refractivity contribution is 0.463. The second-order valence-electron chi connectivity index (χ2n) is 6.76. The van der Waals surface area contributed by atoms with Gasteiger partial charge in [-0.2, -0.15) is 0 Å². The van der Waals surface area contributed by atoms with Gasteiger partial charge in [0.2, 0.25) is 0 Å². The van der Waals surface area contributed by atoms with E-state index in [9.17, 15) is 8.42 Å². The van der Waals surface area contributed by atoms with E-state index < -0.39 is 9.84 Å². The lowest BCUT2D eigenvalue weighted by Gasteiger charge is -2.47. The molecule has 0 N–H and O–H groups in total. The molecular weight excluding hydrogens is 344 g/mol. The Morgan fingerprint density at radius 1 is 1.33 bits per heavy atom. The molecule has 0 amide bonds. The lowest BCUT2D eigenvalue weighted by Crippen LogP contribution is -2.62. The third-order valence-electron chi connectivity index (χ3n) is 5.08. The van der Waals surface area contributed by atoms with E-state index in [0.717, 1.165) is 16.5 Å². The number of hydrogen-bond donors (Lipinski definition) is 0. The molecule has 24 heavy (non-hydrogen) atoms. The Bertz CT molecular complexity index is 880. The van der Waals surface area contributed by atoms with E-state index >= 15 is 0 Å². The SMILES string of the molecule is CCS(=O)(=O)[C@H]1CN(c2ccc(C(C)C)c3cc(Cl)ncc23)[C@@H]1C.